The molecule has 0 amide bonds. The summed E-state index contributed by atoms with van der Waals surface area (Å²) in [6, 6.07) is 0. The smallest absolute Gasteiger partial charge is 0.171 e. The Labute approximate surface area is 79.8 Å². The number of hydrogen-bond donors (Lipinski definition) is 0. The largest absolute Gasteiger partial charge is 0.300 e. The maximum Gasteiger partial charge on any atom is 0.171 e. The van der Waals surface area contributed by atoms with E-state index in [1.165, 1.54) is 0 Å². The maximum atomic E-state index is 10.9. The van der Waals surface area contributed by atoms with Gasteiger partial charge in [-0.15, -0.1) is 0 Å². The van der Waals surface area contributed by atoms with Crippen LogP contribution in [0.2, 0.25) is 0 Å². The average molecular weight is 204 g/mol. The van der Waals surface area contributed by atoms with Crippen molar-refractivity contribution >= 4 is 15.6 Å². The van der Waals surface area contributed by atoms with Crippen LogP contribution in [0.4, 0.5) is 0 Å². The standard InChI is InChI=1S/C9H16O3S/c1-3-13(11,12)8-6-4-5-7-9(2)10/h3H,1,4-8H2,2H3. The summed E-state index contributed by atoms with van der Waals surface area (Å²) in [5, 5.41) is 0.984. The molecule has 0 radical (unpaired) electrons. The van der Waals surface area contributed by atoms with E-state index in [0.717, 1.165) is 18.2 Å². The molecule has 0 aromatic rings. The van der Waals surface area contributed by atoms with Crippen LogP contribution in [-0.4, -0.2) is 20.0 Å². The Hall–Kier alpha value is -0.640. The Bertz CT molecular complexity index is 265. The van der Waals surface area contributed by atoms with Crippen LogP contribution in [0, 0.1) is 0 Å². The van der Waals surface area contributed by atoms with Gasteiger partial charge in [0.25, 0.3) is 0 Å². The topological polar surface area (TPSA) is 51.2 Å². The first-order chi connectivity index (χ1) is 5.98. The molecule has 0 heterocycles. The molecule has 4 heteroatoms. The minimum absolute atomic E-state index is 0.147. The van der Waals surface area contributed by atoms with Crippen LogP contribution in [-0.2, 0) is 14.6 Å². The Morgan fingerprint density at radius 3 is 2.38 bits per heavy atom. The summed E-state index contributed by atoms with van der Waals surface area (Å²) in [5.41, 5.74) is 0. The molecular formula is C9H16O3S. The van der Waals surface area contributed by atoms with E-state index in [4.69, 9.17) is 0 Å². The second kappa shape index (κ2) is 5.91. The normalized spacial score (nSPS) is 11.2. The van der Waals surface area contributed by atoms with E-state index >= 15 is 0 Å². The van der Waals surface area contributed by atoms with E-state index in [-0.39, 0.29) is 11.5 Å². The zero-order valence-electron chi connectivity index (χ0n) is 7.95. The van der Waals surface area contributed by atoms with Crippen LogP contribution < -0.4 is 0 Å². The molecule has 0 saturated heterocycles. The van der Waals surface area contributed by atoms with Crippen molar-refractivity contribution in [3.05, 3.63) is 12.0 Å². The van der Waals surface area contributed by atoms with Crippen molar-refractivity contribution in [1.82, 2.24) is 0 Å². The summed E-state index contributed by atoms with van der Waals surface area (Å²) < 4.78 is 21.8. The molecule has 3 nitrogen and oxygen atoms in total. The molecule has 0 aromatic carbocycles. The first kappa shape index (κ1) is 12.4. The summed E-state index contributed by atoms with van der Waals surface area (Å²) in [4.78, 5) is 10.5. The lowest BCUT2D eigenvalue weighted by molar-refractivity contribution is -0.117. The van der Waals surface area contributed by atoms with Gasteiger partial charge in [0.2, 0.25) is 0 Å². The van der Waals surface area contributed by atoms with Gasteiger partial charge >= 0.3 is 0 Å². The van der Waals surface area contributed by atoms with E-state index in [1.807, 2.05) is 0 Å². The Morgan fingerprint density at radius 2 is 1.92 bits per heavy atom. The summed E-state index contributed by atoms with van der Waals surface area (Å²) in [6.45, 7) is 4.76. The van der Waals surface area contributed by atoms with E-state index in [9.17, 15) is 13.2 Å². The van der Waals surface area contributed by atoms with Gasteiger partial charge in [-0.3, -0.25) is 0 Å². The fraction of sp³-hybridized carbons (Fsp3) is 0.667. The van der Waals surface area contributed by atoms with Gasteiger partial charge in [-0.1, -0.05) is 13.0 Å². The highest BCUT2D eigenvalue weighted by atomic mass is 32.2. The molecule has 76 valence electrons. The maximum absolute atomic E-state index is 10.9. The molecule has 0 rings (SSSR count). The van der Waals surface area contributed by atoms with E-state index in [0.29, 0.717) is 12.8 Å². The molecule has 0 spiro atoms. The zero-order chi connectivity index (χ0) is 10.3. The molecule has 0 aliphatic rings. The third-order valence-corrected chi connectivity index (χ3v) is 3.08. The van der Waals surface area contributed by atoms with Crippen LogP contribution in [0.3, 0.4) is 0 Å². The van der Waals surface area contributed by atoms with Crippen molar-refractivity contribution in [1.29, 1.82) is 0 Å². The molecule has 0 aromatic heterocycles. The molecule has 0 fully saturated rings. The fourth-order valence-electron chi connectivity index (χ4n) is 0.937. The van der Waals surface area contributed by atoms with E-state index in [1.54, 1.807) is 6.92 Å². The Morgan fingerprint density at radius 1 is 1.31 bits per heavy atom. The average Bonchev–Trinajstić information content (AvgIpc) is 2.03. The number of carbonyl (C=O) groups excluding carboxylic acids is 1. The second-order valence-corrected chi connectivity index (χ2v) is 5.11. The molecule has 0 unspecified atom stereocenters. The van der Waals surface area contributed by atoms with Gasteiger partial charge in [-0.25, -0.2) is 8.42 Å². The van der Waals surface area contributed by atoms with Crippen molar-refractivity contribution < 1.29 is 13.2 Å². The minimum atomic E-state index is -3.04. The summed E-state index contributed by atoms with van der Waals surface area (Å²) in [7, 11) is -3.04. The van der Waals surface area contributed by atoms with Gasteiger partial charge in [0.05, 0.1) is 5.75 Å². The number of hydrogen-bond acceptors (Lipinski definition) is 3. The van der Waals surface area contributed by atoms with Crippen LogP contribution in [0.1, 0.15) is 32.6 Å². The van der Waals surface area contributed by atoms with Crippen molar-refractivity contribution in [2.75, 3.05) is 5.75 Å². The van der Waals surface area contributed by atoms with Gasteiger partial charge in [0.15, 0.2) is 9.84 Å². The molecule has 0 bridgehead atoms. The zero-order valence-corrected chi connectivity index (χ0v) is 8.77. The Balaban J connectivity index is 3.47. The molecule has 0 N–H and O–H groups in total. The van der Waals surface area contributed by atoms with E-state index in [2.05, 4.69) is 6.58 Å². The number of carbonyl (C=O) groups is 1. The van der Waals surface area contributed by atoms with Gasteiger partial charge in [-0.2, -0.15) is 0 Å². The predicted molar refractivity (Wildman–Crippen MR) is 53.1 cm³/mol. The fourth-order valence-corrected chi connectivity index (χ4v) is 1.71. The Kier molecular flexibility index (Phi) is 5.62. The highest BCUT2D eigenvalue weighted by molar-refractivity contribution is 7.94. The predicted octanol–water partition coefficient (Wildman–Crippen LogP) is 1.69. The first-order valence-corrected chi connectivity index (χ1v) is 6.04. The number of ketones is 1. The van der Waals surface area contributed by atoms with Crippen LogP contribution in [0.15, 0.2) is 12.0 Å². The lowest BCUT2D eigenvalue weighted by Gasteiger charge is -1.98. The second-order valence-electron chi connectivity index (χ2n) is 3.05. The SMILES string of the molecule is C=CS(=O)(=O)CCCCCC(C)=O. The molecule has 13 heavy (non-hydrogen) atoms. The molecule has 0 saturated carbocycles. The number of rotatable bonds is 7. The number of Topliss-reactive ketones (excluding diaryl/α,β-unsaturated/α-hetero) is 1. The lowest BCUT2D eigenvalue weighted by Crippen LogP contribution is -2.01. The third-order valence-electron chi connectivity index (χ3n) is 1.71. The molecular weight excluding hydrogens is 188 g/mol. The lowest BCUT2D eigenvalue weighted by atomic mass is 10.2. The highest BCUT2D eigenvalue weighted by Gasteiger charge is 2.03. The number of unbranched alkanes of at least 4 members (excludes halogenated alkanes) is 2. The van der Waals surface area contributed by atoms with E-state index < -0.39 is 9.84 Å². The summed E-state index contributed by atoms with van der Waals surface area (Å²) in [5.74, 6) is 0.306. The van der Waals surface area contributed by atoms with Crippen molar-refractivity contribution in [3.8, 4) is 0 Å². The van der Waals surface area contributed by atoms with Gasteiger partial charge in [0.1, 0.15) is 5.78 Å². The van der Waals surface area contributed by atoms with Crippen LogP contribution in [0.5, 0.6) is 0 Å². The third kappa shape index (κ3) is 7.71. The number of sulfone groups is 1. The van der Waals surface area contributed by atoms with Crippen molar-refractivity contribution in [2.24, 2.45) is 0 Å². The van der Waals surface area contributed by atoms with Crippen molar-refractivity contribution in [2.45, 2.75) is 32.6 Å². The highest BCUT2D eigenvalue weighted by Crippen LogP contribution is 2.03. The first-order valence-electron chi connectivity index (χ1n) is 4.32. The quantitative estimate of drug-likeness (QED) is 0.593. The monoisotopic (exact) mass is 204 g/mol. The minimum Gasteiger partial charge on any atom is -0.300 e. The molecule has 0 atom stereocenters. The van der Waals surface area contributed by atoms with Gasteiger partial charge in [-0.05, 0) is 19.8 Å². The molecule has 0 aliphatic heterocycles. The molecule has 0 aliphatic carbocycles. The summed E-state index contributed by atoms with van der Waals surface area (Å²) in [6.07, 6.45) is 2.73. The summed E-state index contributed by atoms with van der Waals surface area (Å²) >= 11 is 0. The van der Waals surface area contributed by atoms with Gasteiger partial charge in [0, 0.05) is 11.8 Å². The van der Waals surface area contributed by atoms with Crippen LogP contribution in [0.25, 0.3) is 0 Å². The van der Waals surface area contributed by atoms with Crippen LogP contribution >= 0.6 is 0 Å². The van der Waals surface area contributed by atoms with Gasteiger partial charge < -0.3 is 4.79 Å². The van der Waals surface area contributed by atoms with Crippen molar-refractivity contribution in [3.63, 3.8) is 0 Å².